The molecule has 0 saturated heterocycles. The van der Waals surface area contributed by atoms with Crippen LogP contribution in [0.15, 0.2) is 36.4 Å². The lowest BCUT2D eigenvalue weighted by molar-refractivity contribution is 0.468. The maximum absolute atomic E-state index is 9.92. The lowest BCUT2D eigenvalue weighted by Gasteiger charge is -2.09. The first kappa shape index (κ1) is 13.5. The Bertz CT molecular complexity index is 573. The van der Waals surface area contributed by atoms with Gasteiger partial charge in [-0.3, -0.25) is 0 Å². The van der Waals surface area contributed by atoms with Gasteiger partial charge in [-0.2, -0.15) is 0 Å². The van der Waals surface area contributed by atoms with Crippen molar-refractivity contribution in [3.05, 3.63) is 58.7 Å². The fraction of sp³-hybridized carbons (Fsp3) is 0.294. The average Bonchev–Trinajstić information content (AvgIpc) is 2.43. The lowest BCUT2D eigenvalue weighted by atomic mass is 9.98. The molecular formula is C17H20O2. The normalized spacial score (nSPS) is 10.6. The summed E-state index contributed by atoms with van der Waals surface area (Å²) in [4.78, 5) is 0. The standard InChI is InChI=1S/C17H20O2/c1-3-12-5-7-17(19)15(9-12)11-13-6-8-16(18)14(4-2)10-13/h5-10,18-19H,3-4,11H2,1-2H3. The van der Waals surface area contributed by atoms with Crippen molar-refractivity contribution in [3.63, 3.8) is 0 Å². The molecule has 0 saturated carbocycles. The molecule has 0 atom stereocenters. The van der Waals surface area contributed by atoms with E-state index in [1.807, 2.05) is 31.2 Å². The van der Waals surface area contributed by atoms with Crippen molar-refractivity contribution in [2.45, 2.75) is 33.1 Å². The van der Waals surface area contributed by atoms with Crippen molar-refractivity contribution in [1.29, 1.82) is 0 Å². The van der Waals surface area contributed by atoms with Crippen LogP contribution in [0.3, 0.4) is 0 Å². The van der Waals surface area contributed by atoms with Crippen molar-refractivity contribution in [2.24, 2.45) is 0 Å². The molecule has 100 valence electrons. The second-order valence-corrected chi connectivity index (χ2v) is 4.81. The summed E-state index contributed by atoms with van der Waals surface area (Å²) >= 11 is 0. The summed E-state index contributed by atoms with van der Waals surface area (Å²) in [5.74, 6) is 0.682. The zero-order valence-corrected chi connectivity index (χ0v) is 11.5. The molecule has 0 radical (unpaired) electrons. The molecule has 2 N–H and O–H groups in total. The van der Waals surface area contributed by atoms with E-state index in [1.54, 1.807) is 12.1 Å². The Labute approximate surface area is 114 Å². The molecule has 0 heterocycles. The molecule has 2 aromatic carbocycles. The van der Waals surface area contributed by atoms with Gasteiger partial charge in [0.2, 0.25) is 0 Å². The fourth-order valence-electron chi connectivity index (χ4n) is 2.25. The molecule has 2 rings (SSSR count). The highest BCUT2D eigenvalue weighted by Crippen LogP contribution is 2.25. The van der Waals surface area contributed by atoms with Gasteiger partial charge in [0.15, 0.2) is 0 Å². The quantitative estimate of drug-likeness (QED) is 0.873. The van der Waals surface area contributed by atoms with Crippen LogP contribution in [-0.2, 0) is 19.3 Å². The average molecular weight is 256 g/mol. The van der Waals surface area contributed by atoms with Crippen molar-refractivity contribution >= 4 is 0 Å². The largest absolute Gasteiger partial charge is 0.508 e. The molecule has 0 aromatic heterocycles. The van der Waals surface area contributed by atoms with E-state index in [9.17, 15) is 10.2 Å². The Morgan fingerprint density at radius 2 is 1.32 bits per heavy atom. The summed E-state index contributed by atoms with van der Waals surface area (Å²) in [6, 6.07) is 11.4. The molecule has 0 amide bonds. The van der Waals surface area contributed by atoms with Crippen molar-refractivity contribution < 1.29 is 10.2 Å². The van der Waals surface area contributed by atoms with Crippen LogP contribution in [0, 0.1) is 0 Å². The minimum atomic E-state index is 0.336. The summed E-state index contributed by atoms with van der Waals surface area (Å²) in [7, 11) is 0. The smallest absolute Gasteiger partial charge is 0.119 e. The number of hydrogen-bond acceptors (Lipinski definition) is 2. The number of rotatable bonds is 4. The third-order valence-electron chi connectivity index (χ3n) is 3.47. The molecule has 2 nitrogen and oxygen atoms in total. The second kappa shape index (κ2) is 5.79. The Morgan fingerprint density at radius 3 is 1.95 bits per heavy atom. The summed E-state index contributed by atoms with van der Waals surface area (Å²) in [6.45, 7) is 4.12. The molecule has 2 aromatic rings. The molecule has 2 heteroatoms. The van der Waals surface area contributed by atoms with Gasteiger partial charge in [-0.25, -0.2) is 0 Å². The predicted molar refractivity (Wildman–Crippen MR) is 77.8 cm³/mol. The van der Waals surface area contributed by atoms with Crippen LogP contribution in [0.25, 0.3) is 0 Å². The third-order valence-corrected chi connectivity index (χ3v) is 3.47. The van der Waals surface area contributed by atoms with Crippen LogP contribution < -0.4 is 0 Å². The van der Waals surface area contributed by atoms with Gasteiger partial charge in [-0.1, -0.05) is 38.1 Å². The van der Waals surface area contributed by atoms with Gasteiger partial charge in [0.05, 0.1) is 0 Å². The van der Waals surface area contributed by atoms with E-state index in [1.165, 1.54) is 5.56 Å². The molecule has 0 aliphatic heterocycles. The minimum Gasteiger partial charge on any atom is -0.508 e. The van der Waals surface area contributed by atoms with E-state index < -0.39 is 0 Å². The van der Waals surface area contributed by atoms with Gasteiger partial charge in [-0.15, -0.1) is 0 Å². The number of phenolic OH excluding ortho intramolecular Hbond substituents is 2. The number of aryl methyl sites for hydroxylation is 2. The Hall–Kier alpha value is -1.96. The molecule has 0 fully saturated rings. The van der Waals surface area contributed by atoms with Crippen LogP contribution in [-0.4, -0.2) is 10.2 Å². The SMILES string of the molecule is CCc1ccc(O)c(Cc2ccc(O)c(CC)c2)c1. The van der Waals surface area contributed by atoms with Gasteiger partial charge in [0, 0.05) is 6.42 Å². The third kappa shape index (κ3) is 3.08. The zero-order chi connectivity index (χ0) is 13.8. The number of benzene rings is 2. The maximum Gasteiger partial charge on any atom is 0.119 e. The molecular weight excluding hydrogens is 236 g/mol. The number of aromatic hydroxyl groups is 2. The zero-order valence-electron chi connectivity index (χ0n) is 11.5. The highest BCUT2D eigenvalue weighted by Gasteiger charge is 2.06. The number of phenols is 2. The van der Waals surface area contributed by atoms with E-state index in [2.05, 4.69) is 6.92 Å². The molecule has 0 spiro atoms. The van der Waals surface area contributed by atoms with Crippen molar-refractivity contribution in [2.75, 3.05) is 0 Å². The predicted octanol–water partition coefficient (Wildman–Crippen LogP) is 3.81. The van der Waals surface area contributed by atoms with Crippen LogP contribution in [0.1, 0.15) is 36.1 Å². The van der Waals surface area contributed by atoms with Crippen LogP contribution in [0.4, 0.5) is 0 Å². The maximum atomic E-state index is 9.92. The summed E-state index contributed by atoms with van der Waals surface area (Å²) < 4.78 is 0. The van der Waals surface area contributed by atoms with E-state index in [-0.39, 0.29) is 0 Å². The minimum absolute atomic E-state index is 0.336. The fourth-order valence-corrected chi connectivity index (χ4v) is 2.25. The molecule has 0 unspecified atom stereocenters. The van der Waals surface area contributed by atoms with Crippen LogP contribution in [0.2, 0.25) is 0 Å². The molecule has 19 heavy (non-hydrogen) atoms. The van der Waals surface area contributed by atoms with Gasteiger partial charge in [0.25, 0.3) is 0 Å². The van der Waals surface area contributed by atoms with Crippen molar-refractivity contribution in [1.82, 2.24) is 0 Å². The highest BCUT2D eigenvalue weighted by atomic mass is 16.3. The van der Waals surface area contributed by atoms with E-state index in [0.29, 0.717) is 17.9 Å². The summed E-state index contributed by atoms with van der Waals surface area (Å²) in [5, 5.41) is 19.6. The number of hydrogen-bond donors (Lipinski definition) is 2. The first-order chi connectivity index (χ1) is 9.13. The molecule has 0 aliphatic rings. The van der Waals surface area contributed by atoms with Gasteiger partial charge < -0.3 is 10.2 Å². The molecule has 0 aliphatic carbocycles. The van der Waals surface area contributed by atoms with E-state index in [0.717, 1.165) is 29.5 Å². The summed E-state index contributed by atoms with van der Waals surface area (Å²) in [5.41, 5.74) is 4.22. The Kier molecular flexibility index (Phi) is 4.10. The van der Waals surface area contributed by atoms with E-state index in [4.69, 9.17) is 0 Å². The second-order valence-electron chi connectivity index (χ2n) is 4.81. The first-order valence-electron chi connectivity index (χ1n) is 6.75. The van der Waals surface area contributed by atoms with Gasteiger partial charge >= 0.3 is 0 Å². The van der Waals surface area contributed by atoms with Crippen LogP contribution in [0.5, 0.6) is 11.5 Å². The Balaban J connectivity index is 2.30. The van der Waals surface area contributed by atoms with Crippen LogP contribution >= 0.6 is 0 Å². The summed E-state index contributed by atoms with van der Waals surface area (Å²) in [6.07, 6.45) is 2.46. The van der Waals surface area contributed by atoms with Gasteiger partial charge in [0.1, 0.15) is 11.5 Å². The van der Waals surface area contributed by atoms with Crippen molar-refractivity contribution in [3.8, 4) is 11.5 Å². The topological polar surface area (TPSA) is 40.5 Å². The highest BCUT2D eigenvalue weighted by molar-refractivity contribution is 5.42. The Morgan fingerprint density at radius 1 is 0.737 bits per heavy atom. The monoisotopic (exact) mass is 256 g/mol. The first-order valence-corrected chi connectivity index (χ1v) is 6.75. The van der Waals surface area contributed by atoms with Gasteiger partial charge in [-0.05, 0) is 47.2 Å². The lowest BCUT2D eigenvalue weighted by Crippen LogP contribution is -1.93. The molecule has 0 bridgehead atoms. The van der Waals surface area contributed by atoms with E-state index >= 15 is 0 Å².